The van der Waals surface area contributed by atoms with Crippen molar-refractivity contribution in [2.75, 3.05) is 26.8 Å². The number of likely N-dealkylation sites (N-methyl/N-ethyl adjacent to an activating group) is 1. The van der Waals surface area contributed by atoms with Crippen LogP contribution >= 0.6 is 0 Å². The highest BCUT2D eigenvalue weighted by atomic mass is 16.5. The number of nitrogens with two attached hydrogens (primary N) is 1. The fraction of sp³-hybridized carbons (Fsp3) is 0.864. The summed E-state index contributed by atoms with van der Waals surface area (Å²) >= 11 is 0. The molecule has 1 heterocycles. The highest BCUT2D eigenvalue weighted by Crippen LogP contribution is 2.23. The Morgan fingerprint density at radius 3 is 2.17 bits per heavy atom. The van der Waals surface area contributed by atoms with Gasteiger partial charge in [0.15, 0.2) is 0 Å². The molecular weight excluding hydrogens is 382 g/mol. The SMILES string of the molecule is CN(C=O)CC(C)(C)OCCC(C)(C)n1cc(CC(C)(C)OCCC(C)(C)N)nn1. The Bertz CT molecular complexity index is 662. The first-order valence-corrected chi connectivity index (χ1v) is 10.7. The zero-order valence-electron chi connectivity index (χ0n) is 20.5. The van der Waals surface area contributed by atoms with E-state index in [-0.39, 0.29) is 16.7 Å². The van der Waals surface area contributed by atoms with E-state index >= 15 is 0 Å². The number of hydrogen-bond donors (Lipinski definition) is 1. The van der Waals surface area contributed by atoms with Crippen molar-refractivity contribution in [2.24, 2.45) is 5.73 Å². The Morgan fingerprint density at radius 2 is 1.60 bits per heavy atom. The molecule has 174 valence electrons. The molecule has 0 radical (unpaired) electrons. The number of rotatable bonds is 14. The lowest BCUT2D eigenvalue weighted by molar-refractivity contribution is -0.121. The van der Waals surface area contributed by atoms with Crippen molar-refractivity contribution in [2.45, 2.75) is 96.9 Å². The largest absolute Gasteiger partial charge is 0.375 e. The molecule has 1 rings (SSSR count). The van der Waals surface area contributed by atoms with Gasteiger partial charge >= 0.3 is 0 Å². The minimum absolute atomic E-state index is 0.234. The van der Waals surface area contributed by atoms with Crippen LogP contribution in [0.2, 0.25) is 0 Å². The van der Waals surface area contributed by atoms with Gasteiger partial charge in [-0.2, -0.15) is 0 Å². The normalized spacial score (nSPS) is 13.5. The number of ether oxygens (including phenoxy) is 2. The molecule has 0 aliphatic rings. The van der Waals surface area contributed by atoms with E-state index in [0.29, 0.717) is 26.2 Å². The Labute approximate surface area is 182 Å². The first-order valence-electron chi connectivity index (χ1n) is 10.7. The lowest BCUT2D eigenvalue weighted by Crippen LogP contribution is -2.39. The van der Waals surface area contributed by atoms with Crippen LogP contribution in [0.1, 0.15) is 73.9 Å². The van der Waals surface area contributed by atoms with Crippen LogP contribution in [0.4, 0.5) is 0 Å². The number of carbonyl (C=O) groups excluding carboxylic acids is 1. The van der Waals surface area contributed by atoms with Gasteiger partial charge in [0.05, 0.1) is 22.4 Å². The standard InChI is InChI=1S/C22H43N5O3/c1-19(2,23)10-12-29-21(5,6)14-18-15-27(25-24-18)20(3,4)11-13-30-22(7,8)16-26(9)17-28/h15,17H,10-14,16,23H2,1-9H3. The summed E-state index contributed by atoms with van der Waals surface area (Å²) < 4.78 is 14.0. The number of hydrogen-bond acceptors (Lipinski definition) is 6. The van der Waals surface area contributed by atoms with E-state index < -0.39 is 5.60 Å². The predicted octanol–water partition coefficient (Wildman–Crippen LogP) is 2.75. The molecule has 0 fully saturated rings. The molecule has 0 saturated heterocycles. The van der Waals surface area contributed by atoms with Crippen molar-refractivity contribution in [1.82, 2.24) is 19.9 Å². The smallest absolute Gasteiger partial charge is 0.209 e. The first-order chi connectivity index (χ1) is 13.6. The summed E-state index contributed by atoms with van der Waals surface area (Å²) in [5.41, 5.74) is 5.71. The van der Waals surface area contributed by atoms with Crippen LogP contribution in [0, 0.1) is 0 Å². The van der Waals surface area contributed by atoms with Gasteiger partial charge in [-0.15, -0.1) is 5.10 Å². The average molecular weight is 426 g/mol. The van der Waals surface area contributed by atoms with Gasteiger partial charge in [0.2, 0.25) is 6.41 Å². The van der Waals surface area contributed by atoms with Crippen LogP contribution in [0.25, 0.3) is 0 Å². The molecule has 1 aromatic heterocycles. The van der Waals surface area contributed by atoms with Crippen LogP contribution in [-0.4, -0.2) is 69.9 Å². The first kappa shape index (κ1) is 26.5. The third kappa shape index (κ3) is 10.00. The third-order valence-electron chi connectivity index (χ3n) is 5.02. The molecule has 0 unspecified atom stereocenters. The molecule has 1 amide bonds. The summed E-state index contributed by atoms with van der Waals surface area (Å²) in [6, 6.07) is 0. The number of amides is 1. The van der Waals surface area contributed by atoms with E-state index in [0.717, 1.165) is 24.9 Å². The summed E-state index contributed by atoms with van der Waals surface area (Å²) in [4.78, 5) is 12.4. The summed E-state index contributed by atoms with van der Waals surface area (Å²) in [5.74, 6) is 0. The molecule has 2 N–H and O–H groups in total. The van der Waals surface area contributed by atoms with E-state index in [9.17, 15) is 4.79 Å². The molecule has 30 heavy (non-hydrogen) atoms. The Balaban J connectivity index is 2.60. The summed E-state index contributed by atoms with van der Waals surface area (Å²) in [6.07, 6.45) is 5.05. The van der Waals surface area contributed by atoms with Gasteiger partial charge in [0.25, 0.3) is 0 Å². The third-order valence-corrected chi connectivity index (χ3v) is 5.02. The molecule has 0 atom stereocenters. The van der Waals surface area contributed by atoms with Gasteiger partial charge < -0.3 is 20.1 Å². The number of carbonyl (C=O) groups is 1. The van der Waals surface area contributed by atoms with Crippen molar-refractivity contribution in [3.05, 3.63) is 11.9 Å². The lowest BCUT2D eigenvalue weighted by atomic mass is 10.00. The molecule has 0 aromatic carbocycles. The molecule has 0 aliphatic carbocycles. The summed E-state index contributed by atoms with van der Waals surface area (Å²) in [7, 11) is 1.75. The van der Waals surface area contributed by atoms with Crippen molar-refractivity contribution in [1.29, 1.82) is 0 Å². The van der Waals surface area contributed by atoms with Gasteiger partial charge in [0.1, 0.15) is 0 Å². The van der Waals surface area contributed by atoms with Crippen molar-refractivity contribution in [3.8, 4) is 0 Å². The van der Waals surface area contributed by atoms with Crippen LogP contribution in [0.5, 0.6) is 0 Å². The van der Waals surface area contributed by atoms with Gasteiger partial charge in [-0.3, -0.25) is 4.79 Å². The number of aromatic nitrogens is 3. The van der Waals surface area contributed by atoms with Crippen molar-refractivity contribution < 1.29 is 14.3 Å². The molecule has 0 aliphatic heterocycles. The van der Waals surface area contributed by atoms with Gasteiger partial charge in [-0.1, -0.05) is 5.21 Å². The fourth-order valence-corrected chi connectivity index (χ4v) is 3.13. The van der Waals surface area contributed by atoms with Crippen molar-refractivity contribution in [3.63, 3.8) is 0 Å². The van der Waals surface area contributed by atoms with E-state index in [1.165, 1.54) is 0 Å². The topological polar surface area (TPSA) is 95.5 Å². The quantitative estimate of drug-likeness (QED) is 0.461. The van der Waals surface area contributed by atoms with E-state index in [4.69, 9.17) is 15.2 Å². The maximum Gasteiger partial charge on any atom is 0.209 e. The second kappa shape index (κ2) is 10.2. The maximum atomic E-state index is 10.8. The molecule has 0 saturated carbocycles. The van der Waals surface area contributed by atoms with E-state index in [1.54, 1.807) is 11.9 Å². The van der Waals surface area contributed by atoms with Crippen LogP contribution < -0.4 is 5.73 Å². The highest BCUT2D eigenvalue weighted by molar-refractivity contribution is 5.46. The summed E-state index contributed by atoms with van der Waals surface area (Å²) in [5, 5.41) is 8.70. The van der Waals surface area contributed by atoms with Gasteiger partial charge in [0, 0.05) is 45.0 Å². The van der Waals surface area contributed by atoms with Crippen LogP contribution in [0.15, 0.2) is 6.20 Å². The predicted molar refractivity (Wildman–Crippen MR) is 119 cm³/mol. The molecule has 8 heteroatoms. The second-order valence-electron chi connectivity index (χ2n) is 10.9. The molecule has 0 spiro atoms. The van der Waals surface area contributed by atoms with Crippen LogP contribution in [-0.2, 0) is 26.2 Å². The zero-order valence-corrected chi connectivity index (χ0v) is 20.5. The molecular formula is C22H43N5O3. The monoisotopic (exact) mass is 425 g/mol. The minimum Gasteiger partial charge on any atom is -0.375 e. The van der Waals surface area contributed by atoms with Gasteiger partial charge in [-0.05, 0) is 68.2 Å². The molecule has 0 bridgehead atoms. The minimum atomic E-state index is -0.404. The Hall–Kier alpha value is -1.51. The maximum absolute atomic E-state index is 10.8. The van der Waals surface area contributed by atoms with E-state index in [2.05, 4.69) is 38.0 Å². The fourth-order valence-electron chi connectivity index (χ4n) is 3.13. The molecule has 1 aromatic rings. The molecule has 8 nitrogen and oxygen atoms in total. The Kier molecular flexibility index (Phi) is 9.02. The van der Waals surface area contributed by atoms with E-state index in [1.807, 2.05) is 38.6 Å². The average Bonchev–Trinajstić information content (AvgIpc) is 3.00. The van der Waals surface area contributed by atoms with Crippen molar-refractivity contribution >= 4 is 6.41 Å². The van der Waals surface area contributed by atoms with Crippen LogP contribution in [0.3, 0.4) is 0 Å². The summed E-state index contributed by atoms with van der Waals surface area (Å²) in [6.45, 7) is 18.1. The lowest BCUT2D eigenvalue weighted by Gasteiger charge is -2.31. The highest BCUT2D eigenvalue weighted by Gasteiger charge is 2.27. The Morgan fingerprint density at radius 1 is 1.03 bits per heavy atom. The zero-order chi connectivity index (χ0) is 23.2. The number of nitrogens with zero attached hydrogens (tertiary/aromatic N) is 4. The second-order valence-corrected chi connectivity index (χ2v) is 10.9. The van der Waals surface area contributed by atoms with Gasteiger partial charge in [-0.25, -0.2) is 4.68 Å².